The fraction of sp³-hybridized carbons (Fsp3) is 0.0455. The van der Waals surface area contributed by atoms with E-state index in [1.54, 1.807) is 42.5 Å². The minimum absolute atomic E-state index is 0.102. The number of benzene rings is 2. The van der Waals surface area contributed by atoms with Crippen LogP contribution in [0.15, 0.2) is 78.5 Å². The molecular weight excluding hydrogens is 395 g/mol. The molecule has 2 aromatic carbocycles. The first-order chi connectivity index (χ1) is 14.0. The number of carbonyl (C=O) groups is 2. The molecule has 0 aliphatic carbocycles. The molecule has 1 saturated heterocycles. The Hall–Kier alpha value is -3.51. The van der Waals surface area contributed by atoms with Crippen LogP contribution in [0, 0.1) is 5.82 Å². The summed E-state index contributed by atoms with van der Waals surface area (Å²) in [5.74, 6) is -2.22. The first-order valence-electron chi connectivity index (χ1n) is 8.71. The number of rotatable bonds is 3. The minimum atomic E-state index is -0.957. The number of hydrogen-bond acceptors (Lipinski definition) is 4. The Morgan fingerprint density at radius 2 is 1.69 bits per heavy atom. The smallest absolute Gasteiger partial charge is 0.301 e. The normalized spacial score (nSPS) is 18.3. The van der Waals surface area contributed by atoms with Crippen LogP contribution in [0.25, 0.3) is 5.76 Å². The third-order valence-electron chi connectivity index (χ3n) is 4.64. The molecule has 1 aliphatic rings. The summed E-state index contributed by atoms with van der Waals surface area (Å²) in [5.41, 5.74) is 0.696. The number of aromatic nitrogens is 1. The van der Waals surface area contributed by atoms with E-state index in [4.69, 9.17) is 11.6 Å². The Balaban J connectivity index is 1.94. The van der Waals surface area contributed by atoms with Gasteiger partial charge in [-0.1, -0.05) is 29.8 Å². The fourth-order valence-corrected chi connectivity index (χ4v) is 3.41. The van der Waals surface area contributed by atoms with E-state index in [0.29, 0.717) is 16.1 Å². The molecule has 0 unspecified atom stereocenters. The molecule has 0 saturated carbocycles. The molecule has 2 heterocycles. The number of hydrogen-bond donors (Lipinski definition) is 1. The van der Waals surface area contributed by atoms with E-state index in [-0.39, 0.29) is 17.2 Å². The third kappa shape index (κ3) is 3.39. The van der Waals surface area contributed by atoms with E-state index >= 15 is 0 Å². The lowest BCUT2D eigenvalue weighted by atomic mass is 9.95. The molecule has 1 N–H and O–H groups in total. The second kappa shape index (κ2) is 7.48. The molecule has 5 nitrogen and oxygen atoms in total. The van der Waals surface area contributed by atoms with E-state index in [1.807, 2.05) is 0 Å². The van der Waals surface area contributed by atoms with Crippen molar-refractivity contribution in [2.75, 3.05) is 4.90 Å². The van der Waals surface area contributed by atoms with E-state index in [9.17, 15) is 19.1 Å². The van der Waals surface area contributed by atoms with Crippen molar-refractivity contribution in [3.63, 3.8) is 0 Å². The van der Waals surface area contributed by atoms with Crippen molar-refractivity contribution in [3.05, 3.63) is 100 Å². The Kier molecular flexibility index (Phi) is 4.86. The molecule has 0 bridgehead atoms. The number of halogens is 2. The highest BCUT2D eigenvalue weighted by Gasteiger charge is 2.47. The van der Waals surface area contributed by atoms with Crippen LogP contribution in [0.3, 0.4) is 0 Å². The molecule has 144 valence electrons. The Labute approximate surface area is 170 Å². The molecule has 1 aromatic heterocycles. The van der Waals surface area contributed by atoms with E-state index < -0.39 is 23.5 Å². The summed E-state index contributed by atoms with van der Waals surface area (Å²) in [4.78, 5) is 31.1. The number of nitrogens with zero attached hydrogens (tertiary/aromatic N) is 2. The van der Waals surface area contributed by atoms with E-state index in [0.717, 1.165) is 0 Å². The Morgan fingerprint density at radius 3 is 2.31 bits per heavy atom. The van der Waals surface area contributed by atoms with Crippen LogP contribution >= 0.6 is 11.6 Å². The molecule has 29 heavy (non-hydrogen) atoms. The Morgan fingerprint density at radius 1 is 1.00 bits per heavy atom. The predicted molar refractivity (Wildman–Crippen MR) is 107 cm³/mol. The summed E-state index contributed by atoms with van der Waals surface area (Å²) in [5, 5.41) is 11.4. The number of Topliss-reactive ketones (excluding diaryl/α,β-unsaturated/α-hetero) is 1. The maximum Gasteiger partial charge on any atom is 0.301 e. The van der Waals surface area contributed by atoms with Gasteiger partial charge in [-0.3, -0.25) is 14.5 Å². The number of aliphatic hydroxyl groups excluding tert-OH is 1. The van der Waals surface area contributed by atoms with Gasteiger partial charge in [0.25, 0.3) is 5.78 Å². The van der Waals surface area contributed by atoms with Crippen molar-refractivity contribution < 1.29 is 19.1 Å². The van der Waals surface area contributed by atoms with Crippen molar-refractivity contribution in [1.29, 1.82) is 0 Å². The van der Waals surface area contributed by atoms with Crippen LogP contribution in [0.2, 0.25) is 5.02 Å². The second-order valence-corrected chi connectivity index (χ2v) is 6.85. The molecule has 1 amide bonds. The van der Waals surface area contributed by atoms with E-state index in [1.165, 1.54) is 35.4 Å². The lowest BCUT2D eigenvalue weighted by Gasteiger charge is -2.24. The maximum atomic E-state index is 13.5. The highest BCUT2D eigenvalue weighted by Crippen LogP contribution is 2.41. The lowest BCUT2D eigenvalue weighted by molar-refractivity contribution is -0.132. The van der Waals surface area contributed by atoms with Gasteiger partial charge in [-0.25, -0.2) is 9.37 Å². The van der Waals surface area contributed by atoms with Gasteiger partial charge in [-0.05, 0) is 54.1 Å². The summed E-state index contributed by atoms with van der Waals surface area (Å²) in [6.45, 7) is 0. The lowest BCUT2D eigenvalue weighted by Crippen LogP contribution is -2.30. The number of carbonyl (C=O) groups excluding carboxylic acids is 2. The van der Waals surface area contributed by atoms with Gasteiger partial charge in [-0.15, -0.1) is 0 Å². The van der Waals surface area contributed by atoms with Gasteiger partial charge >= 0.3 is 5.91 Å². The molecular formula is C22H14ClFN2O3. The summed E-state index contributed by atoms with van der Waals surface area (Å²) >= 11 is 5.90. The largest absolute Gasteiger partial charge is 0.507 e. The van der Waals surface area contributed by atoms with Crippen molar-refractivity contribution in [2.45, 2.75) is 6.04 Å². The number of ketones is 1. The molecule has 1 aliphatic heterocycles. The quantitative estimate of drug-likeness (QED) is 0.393. The van der Waals surface area contributed by atoms with Gasteiger partial charge < -0.3 is 5.11 Å². The summed E-state index contributed by atoms with van der Waals surface area (Å²) in [6.07, 6.45) is 1.50. The molecule has 3 aromatic rings. The number of anilines is 1. The summed E-state index contributed by atoms with van der Waals surface area (Å²) in [7, 11) is 0. The topological polar surface area (TPSA) is 70.5 Å². The van der Waals surface area contributed by atoms with Gasteiger partial charge in [-0.2, -0.15) is 0 Å². The van der Waals surface area contributed by atoms with Crippen molar-refractivity contribution in [1.82, 2.24) is 4.98 Å². The first kappa shape index (κ1) is 18.8. The van der Waals surface area contributed by atoms with Gasteiger partial charge in [0.15, 0.2) is 0 Å². The van der Waals surface area contributed by atoms with E-state index in [2.05, 4.69) is 4.98 Å². The van der Waals surface area contributed by atoms with Crippen molar-refractivity contribution in [2.24, 2.45) is 0 Å². The molecule has 0 radical (unpaired) electrons. The van der Waals surface area contributed by atoms with Gasteiger partial charge in [0, 0.05) is 16.8 Å². The number of aliphatic hydroxyl groups is 1. The number of pyridine rings is 1. The second-order valence-electron chi connectivity index (χ2n) is 6.42. The molecule has 1 atom stereocenters. The zero-order valence-corrected chi connectivity index (χ0v) is 15.7. The monoisotopic (exact) mass is 408 g/mol. The van der Waals surface area contributed by atoms with Crippen LogP contribution in [-0.4, -0.2) is 21.8 Å². The Bertz CT molecular complexity index is 1110. The molecule has 0 spiro atoms. The SMILES string of the molecule is O=C1C(=O)N(c2ccccn2)[C@H](c2ccc(F)cc2)C1=C(O)c1ccc(Cl)cc1. The average molecular weight is 409 g/mol. The van der Waals surface area contributed by atoms with Crippen LogP contribution in [0.5, 0.6) is 0 Å². The number of amides is 1. The zero-order chi connectivity index (χ0) is 20.5. The highest BCUT2D eigenvalue weighted by atomic mass is 35.5. The van der Waals surface area contributed by atoms with Crippen molar-refractivity contribution >= 4 is 34.9 Å². The maximum absolute atomic E-state index is 13.5. The molecule has 4 rings (SSSR count). The zero-order valence-electron chi connectivity index (χ0n) is 14.9. The summed E-state index contributed by atoms with van der Waals surface area (Å²) < 4.78 is 13.5. The van der Waals surface area contributed by atoms with Gasteiger partial charge in [0.1, 0.15) is 17.4 Å². The fourth-order valence-electron chi connectivity index (χ4n) is 3.29. The van der Waals surface area contributed by atoms with Crippen LogP contribution in [0.1, 0.15) is 17.2 Å². The first-order valence-corrected chi connectivity index (χ1v) is 9.08. The minimum Gasteiger partial charge on any atom is -0.507 e. The van der Waals surface area contributed by atoms with Gasteiger partial charge in [0.05, 0.1) is 11.6 Å². The van der Waals surface area contributed by atoms with Gasteiger partial charge in [0.2, 0.25) is 0 Å². The summed E-state index contributed by atoms with van der Waals surface area (Å²) in [6, 6.07) is 15.6. The van der Waals surface area contributed by atoms with Crippen LogP contribution in [0.4, 0.5) is 10.2 Å². The average Bonchev–Trinajstić information content (AvgIpc) is 3.00. The molecule has 1 fully saturated rings. The van der Waals surface area contributed by atoms with Crippen molar-refractivity contribution in [3.8, 4) is 0 Å². The van der Waals surface area contributed by atoms with Crippen LogP contribution in [-0.2, 0) is 9.59 Å². The molecule has 7 heteroatoms. The van der Waals surface area contributed by atoms with Crippen LogP contribution < -0.4 is 4.90 Å². The third-order valence-corrected chi connectivity index (χ3v) is 4.90. The standard InChI is InChI=1S/C22H14ClFN2O3/c23-15-8-4-14(5-9-15)20(27)18-19(13-6-10-16(24)11-7-13)26(22(29)21(18)28)17-3-1-2-12-25-17/h1-12,19,27H/t19-/m1/s1. The predicted octanol–water partition coefficient (Wildman–Crippen LogP) is 4.50. The highest BCUT2D eigenvalue weighted by molar-refractivity contribution is 6.51.